The van der Waals surface area contributed by atoms with Crippen molar-refractivity contribution in [2.24, 2.45) is 0 Å². The highest BCUT2D eigenvalue weighted by Crippen LogP contribution is 2.28. The molecule has 0 saturated carbocycles. The zero-order chi connectivity index (χ0) is 15.4. The summed E-state index contributed by atoms with van der Waals surface area (Å²) < 4.78 is 5.38. The summed E-state index contributed by atoms with van der Waals surface area (Å²) in [5, 5.41) is 4.67. The van der Waals surface area contributed by atoms with Crippen molar-refractivity contribution in [1.29, 1.82) is 0 Å². The molecule has 2 aromatic heterocycles. The Morgan fingerprint density at radius 3 is 2.91 bits per heavy atom. The van der Waals surface area contributed by atoms with Gasteiger partial charge >= 0.3 is 0 Å². The molecule has 0 radical (unpaired) electrons. The summed E-state index contributed by atoms with van der Waals surface area (Å²) in [5.41, 5.74) is 0. The second-order valence-corrected chi connectivity index (χ2v) is 6.89. The summed E-state index contributed by atoms with van der Waals surface area (Å²) in [6, 6.07) is 2.18. The van der Waals surface area contributed by atoms with Crippen molar-refractivity contribution in [1.82, 2.24) is 14.9 Å². The van der Waals surface area contributed by atoms with E-state index in [1.807, 2.05) is 0 Å². The first-order valence-corrected chi connectivity index (χ1v) is 8.89. The molecule has 1 fully saturated rings. The number of hydrogen-bond donors (Lipinski definition) is 1. The molecule has 0 amide bonds. The van der Waals surface area contributed by atoms with Crippen molar-refractivity contribution in [2.45, 2.75) is 26.7 Å². The summed E-state index contributed by atoms with van der Waals surface area (Å²) in [6.07, 6.45) is 1.99. The van der Waals surface area contributed by atoms with Crippen LogP contribution in [-0.4, -0.2) is 54.3 Å². The van der Waals surface area contributed by atoms with Gasteiger partial charge in [-0.25, -0.2) is 9.97 Å². The van der Waals surface area contributed by atoms with Crippen molar-refractivity contribution in [3.63, 3.8) is 0 Å². The van der Waals surface area contributed by atoms with Crippen molar-refractivity contribution < 1.29 is 4.74 Å². The number of hydrogen-bond acceptors (Lipinski definition) is 6. The van der Waals surface area contributed by atoms with Crippen LogP contribution in [0.5, 0.6) is 0 Å². The maximum atomic E-state index is 5.38. The first-order chi connectivity index (χ1) is 10.8. The van der Waals surface area contributed by atoms with Crippen molar-refractivity contribution in [2.75, 3.05) is 44.7 Å². The van der Waals surface area contributed by atoms with Gasteiger partial charge in [0.05, 0.1) is 18.6 Å². The average molecular weight is 320 g/mol. The molecule has 2 aromatic rings. The van der Waals surface area contributed by atoms with Gasteiger partial charge in [0.15, 0.2) is 0 Å². The van der Waals surface area contributed by atoms with Crippen LogP contribution in [-0.2, 0) is 11.2 Å². The zero-order valence-corrected chi connectivity index (χ0v) is 14.2. The van der Waals surface area contributed by atoms with E-state index in [1.165, 1.54) is 4.88 Å². The van der Waals surface area contributed by atoms with Crippen LogP contribution in [0.2, 0.25) is 0 Å². The second-order valence-electron chi connectivity index (χ2n) is 5.65. The molecule has 120 valence electrons. The van der Waals surface area contributed by atoms with Crippen LogP contribution in [0.25, 0.3) is 10.2 Å². The highest BCUT2D eigenvalue weighted by Gasteiger charge is 2.11. The van der Waals surface area contributed by atoms with E-state index in [2.05, 4.69) is 40.1 Å². The molecule has 1 aliphatic rings. The van der Waals surface area contributed by atoms with Gasteiger partial charge in [0.25, 0.3) is 0 Å². The first kappa shape index (κ1) is 15.6. The maximum Gasteiger partial charge on any atom is 0.138 e. The SMILES string of the molecule is CCc1nc(NCCCN2CCOCC2)c2cc(C)sc2n1. The molecule has 22 heavy (non-hydrogen) atoms. The van der Waals surface area contributed by atoms with Crippen LogP contribution in [0.3, 0.4) is 0 Å². The van der Waals surface area contributed by atoms with Gasteiger partial charge in [0.2, 0.25) is 0 Å². The predicted molar refractivity (Wildman–Crippen MR) is 91.9 cm³/mol. The fourth-order valence-electron chi connectivity index (χ4n) is 2.71. The van der Waals surface area contributed by atoms with Crippen LogP contribution in [0, 0.1) is 6.92 Å². The van der Waals surface area contributed by atoms with Crippen LogP contribution >= 0.6 is 11.3 Å². The summed E-state index contributed by atoms with van der Waals surface area (Å²) in [7, 11) is 0. The Morgan fingerprint density at radius 1 is 1.32 bits per heavy atom. The Balaban J connectivity index is 1.60. The van der Waals surface area contributed by atoms with E-state index in [1.54, 1.807) is 11.3 Å². The van der Waals surface area contributed by atoms with Gasteiger partial charge in [-0.2, -0.15) is 0 Å². The van der Waals surface area contributed by atoms with Gasteiger partial charge in [-0.3, -0.25) is 4.90 Å². The molecule has 3 heterocycles. The molecule has 0 aliphatic carbocycles. The molecular formula is C16H24N4OS. The number of anilines is 1. The smallest absolute Gasteiger partial charge is 0.138 e. The average Bonchev–Trinajstić information content (AvgIpc) is 2.92. The minimum absolute atomic E-state index is 0.869. The van der Waals surface area contributed by atoms with Gasteiger partial charge in [-0.1, -0.05) is 6.92 Å². The molecule has 0 bridgehead atoms. The molecule has 3 rings (SSSR count). The fourth-order valence-corrected chi connectivity index (χ4v) is 3.61. The van der Waals surface area contributed by atoms with Crippen molar-refractivity contribution >= 4 is 27.4 Å². The monoisotopic (exact) mass is 320 g/mol. The van der Waals surface area contributed by atoms with E-state index in [-0.39, 0.29) is 0 Å². The van der Waals surface area contributed by atoms with Gasteiger partial charge in [0, 0.05) is 30.9 Å². The van der Waals surface area contributed by atoms with Gasteiger partial charge in [0.1, 0.15) is 16.5 Å². The van der Waals surface area contributed by atoms with Gasteiger partial charge < -0.3 is 10.1 Å². The van der Waals surface area contributed by atoms with Crippen LogP contribution < -0.4 is 5.32 Å². The summed E-state index contributed by atoms with van der Waals surface area (Å²) in [4.78, 5) is 14.1. The lowest BCUT2D eigenvalue weighted by molar-refractivity contribution is 0.0378. The molecule has 0 atom stereocenters. The third-order valence-electron chi connectivity index (χ3n) is 3.93. The Hall–Kier alpha value is -1.24. The van der Waals surface area contributed by atoms with Crippen molar-refractivity contribution in [3.05, 3.63) is 16.8 Å². The molecule has 6 heteroatoms. The number of morpholine rings is 1. The lowest BCUT2D eigenvalue weighted by Gasteiger charge is -2.26. The predicted octanol–water partition coefficient (Wildman–Crippen LogP) is 2.70. The van der Waals surface area contributed by atoms with E-state index in [9.17, 15) is 0 Å². The highest BCUT2D eigenvalue weighted by atomic mass is 32.1. The topological polar surface area (TPSA) is 50.3 Å². The van der Waals surface area contributed by atoms with Crippen LogP contribution in [0.1, 0.15) is 24.0 Å². The number of aryl methyl sites for hydroxylation is 2. The number of ether oxygens (including phenoxy) is 1. The number of rotatable bonds is 6. The Bertz CT molecular complexity index is 622. The number of nitrogens with one attached hydrogen (secondary N) is 1. The largest absolute Gasteiger partial charge is 0.379 e. The highest BCUT2D eigenvalue weighted by molar-refractivity contribution is 7.18. The fraction of sp³-hybridized carbons (Fsp3) is 0.625. The number of aromatic nitrogens is 2. The third-order valence-corrected chi connectivity index (χ3v) is 4.87. The molecule has 1 N–H and O–H groups in total. The zero-order valence-electron chi connectivity index (χ0n) is 13.4. The van der Waals surface area contributed by atoms with E-state index in [0.717, 1.165) is 74.1 Å². The molecule has 5 nitrogen and oxygen atoms in total. The quantitative estimate of drug-likeness (QED) is 0.829. The van der Waals surface area contributed by atoms with E-state index in [4.69, 9.17) is 4.74 Å². The third kappa shape index (κ3) is 3.74. The number of nitrogens with zero attached hydrogens (tertiary/aromatic N) is 3. The standard InChI is InChI=1S/C16H24N4OS/c1-3-14-18-15(13-11-12(2)22-16(13)19-14)17-5-4-6-20-7-9-21-10-8-20/h11H,3-10H2,1-2H3,(H,17,18,19). The molecule has 0 aromatic carbocycles. The molecular weight excluding hydrogens is 296 g/mol. The Morgan fingerprint density at radius 2 is 2.14 bits per heavy atom. The molecule has 0 unspecified atom stereocenters. The number of fused-ring (bicyclic) bond motifs is 1. The van der Waals surface area contributed by atoms with Gasteiger partial charge in [-0.05, 0) is 26.0 Å². The van der Waals surface area contributed by atoms with E-state index in [0.29, 0.717) is 0 Å². The summed E-state index contributed by atoms with van der Waals surface area (Å²) >= 11 is 1.74. The van der Waals surface area contributed by atoms with Crippen LogP contribution in [0.15, 0.2) is 6.07 Å². The molecule has 0 spiro atoms. The molecule has 1 aliphatic heterocycles. The first-order valence-electron chi connectivity index (χ1n) is 8.07. The van der Waals surface area contributed by atoms with E-state index >= 15 is 0 Å². The normalized spacial score (nSPS) is 16.3. The maximum absolute atomic E-state index is 5.38. The van der Waals surface area contributed by atoms with Gasteiger partial charge in [-0.15, -0.1) is 11.3 Å². The Labute approximate surface area is 135 Å². The number of thiophene rings is 1. The molecule has 1 saturated heterocycles. The lowest BCUT2D eigenvalue weighted by Crippen LogP contribution is -2.37. The van der Waals surface area contributed by atoms with Crippen LogP contribution in [0.4, 0.5) is 5.82 Å². The lowest BCUT2D eigenvalue weighted by atomic mass is 10.3. The van der Waals surface area contributed by atoms with Crippen molar-refractivity contribution in [3.8, 4) is 0 Å². The second kappa shape index (κ2) is 7.35. The Kier molecular flexibility index (Phi) is 5.23. The van der Waals surface area contributed by atoms with E-state index < -0.39 is 0 Å². The summed E-state index contributed by atoms with van der Waals surface area (Å²) in [5.74, 6) is 1.92. The minimum Gasteiger partial charge on any atom is -0.379 e. The minimum atomic E-state index is 0.869. The summed E-state index contributed by atoms with van der Waals surface area (Å²) in [6.45, 7) is 10.1.